The van der Waals surface area contributed by atoms with E-state index in [9.17, 15) is 14.4 Å². The maximum Gasteiger partial charge on any atom is 0.291 e. The Balaban J connectivity index is 1.99. The number of amides is 1. The quantitative estimate of drug-likeness (QED) is 0.351. The minimum Gasteiger partial charge on any atom is -0.496 e. The predicted octanol–water partition coefficient (Wildman–Crippen LogP) is 2.69. The zero-order chi connectivity index (χ0) is 22.5. The summed E-state index contributed by atoms with van der Waals surface area (Å²) in [4.78, 5) is 47.3. The second-order valence-corrected chi connectivity index (χ2v) is 7.65. The summed E-state index contributed by atoms with van der Waals surface area (Å²) in [5.41, 5.74) is 1.87. The summed E-state index contributed by atoms with van der Waals surface area (Å²) >= 11 is 0. The lowest BCUT2D eigenvalue weighted by molar-refractivity contribution is -0.140. The lowest BCUT2D eigenvalue weighted by Crippen LogP contribution is -2.38. The number of aromatic nitrogens is 1. The molecule has 0 saturated carbocycles. The standard InChI is InChI=1S/C24H29N3O4/c1-5-26(6-2)12-13-27-21(18-8-7-11-25-15-18)20(23(29)24(27)30)22(28)17-9-10-19(31-4)16(3)14-17/h7-11,14-15,20-21H,5-6,12-13H2,1-4H3. The number of aryl methyl sites for hydroxylation is 1. The van der Waals surface area contributed by atoms with Crippen molar-refractivity contribution >= 4 is 17.5 Å². The van der Waals surface area contributed by atoms with Crippen LogP contribution in [0.5, 0.6) is 5.75 Å². The second-order valence-electron chi connectivity index (χ2n) is 7.65. The van der Waals surface area contributed by atoms with Gasteiger partial charge in [-0.2, -0.15) is 0 Å². The number of rotatable bonds is 9. The molecular formula is C24H29N3O4. The molecule has 0 aliphatic carbocycles. The van der Waals surface area contributed by atoms with Crippen molar-refractivity contribution in [2.75, 3.05) is 33.3 Å². The van der Waals surface area contributed by atoms with Crippen LogP contribution in [0.15, 0.2) is 42.7 Å². The van der Waals surface area contributed by atoms with Gasteiger partial charge in [-0.15, -0.1) is 0 Å². The minimum absolute atomic E-state index is 0.358. The number of Topliss-reactive ketones (excluding diaryl/α,β-unsaturated/α-hetero) is 2. The topological polar surface area (TPSA) is 79.8 Å². The van der Waals surface area contributed by atoms with Crippen LogP contribution in [0, 0.1) is 12.8 Å². The monoisotopic (exact) mass is 423 g/mol. The molecule has 7 nitrogen and oxygen atoms in total. The molecule has 3 rings (SSSR count). The van der Waals surface area contributed by atoms with Crippen LogP contribution in [-0.2, 0) is 9.59 Å². The van der Waals surface area contributed by atoms with E-state index in [1.165, 1.54) is 4.90 Å². The van der Waals surface area contributed by atoms with Crippen LogP contribution in [0.3, 0.4) is 0 Å². The van der Waals surface area contributed by atoms with E-state index in [-0.39, 0.29) is 5.78 Å². The van der Waals surface area contributed by atoms with Gasteiger partial charge < -0.3 is 14.5 Å². The van der Waals surface area contributed by atoms with Crippen LogP contribution in [0.1, 0.15) is 41.4 Å². The predicted molar refractivity (Wildman–Crippen MR) is 117 cm³/mol. The first-order chi connectivity index (χ1) is 14.9. The number of hydrogen-bond donors (Lipinski definition) is 0. The van der Waals surface area contributed by atoms with Crippen molar-refractivity contribution in [3.63, 3.8) is 0 Å². The van der Waals surface area contributed by atoms with E-state index < -0.39 is 23.7 Å². The number of likely N-dealkylation sites (tertiary alicyclic amines) is 1. The van der Waals surface area contributed by atoms with Crippen LogP contribution in [0.2, 0.25) is 0 Å². The molecule has 1 aliphatic rings. The highest BCUT2D eigenvalue weighted by Crippen LogP contribution is 2.38. The Labute approximate surface area is 183 Å². The Morgan fingerprint density at radius 3 is 2.52 bits per heavy atom. The normalized spacial score (nSPS) is 18.7. The molecule has 7 heteroatoms. The van der Waals surface area contributed by atoms with Gasteiger partial charge in [0.15, 0.2) is 5.78 Å². The first kappa shape index (κ1) is 22.6. The Kier molecular flexibility index (Phi) is 7.17. The molecule has 0 bridgehead atoms. The number of likely N-dealkylation sites (N-methyl/N-ethyl adjacent to an activating group) is 1. The Morgan fingerprint density at radius 2 is 1.94 bits per heavy atom. The number of carbonyl (C=O) groups is 3. The molecule has 1 aromatic heterocycles. The van der Waals surface area contributed by atoms with Gasteiger partial charge in [-0.3, -0.25) is 19.4 Å². The number of pyridine rings is 1. The molecule has 0 spiro atoms. The SMILES string of the molecule is CCN(CC)CCN1C(=O)C(=O)C(C(=O)c2ccc(OC)c(C)c2)C1c1cccnc1. The van der Waals surface area contributed by atoms with E-state index in [0.29, 0.717) is 30.0 Å². The molecule has 0 radical (unpaired) electrons. The van der Waals surface area contributed by atoms with E-state index in [4.69, 9.17) is 4.74 Å². The molecule has 1 amide bonds. The van der Waals surface area contributed by atoms with E-state index in [1.807, 2.05) is 13.0 Å². The fourth-order valence-electron chi connectivity index (χ4n) is 4.15. The van der Waals surface area contributed by atoms with Gasteiger partial charge in [0, 0.05) is 31.0 Å². The molecule has 2 atom stereocenters. The summed E-state index contributed by atoms with van der Waals surface area (Å²) in [5.74, 6) is -2.06. The summed E-state index contributed by atoms with van der Waals surface area (Å²) in [6.07, 6.45) is 3.26. The van der Waals surface area contributed by atoms with Crippen LogP contribution in [0.25, 0.3) is 0 Å². The first-order valence-electron chi connectivity index (χ1n) is 10.6. The lowest BCUT2D eigenvalue weighted by atomic mass is 9.86. The molecule has 1 saturated heterocycles. The van der Waals surface area contributed by atoms with Crippen molar-refractivity contribution in [2.45, 2.75) is 26.8 Å². The fourth-order valence-corrected chi connectivity index (χ4v) is 4.15. The average molecular weight is 424 g/mol. The molecule has 1 aliphatic heterocycles. The number of ketones is 2. The van der Waals surface area contributed by atoms with Crippen molar-refractivity contribution < 1.29 is 19.1 Å². The largest absolute Gasteiger partial charge is 0.496 e. The van der Waals surface area contributed by atoms with Gasteiger partial charge in [0.2, 0.25) is 5.78 Å². The summed E-state index contributed by atoms with van der Waals surface area (Å²) in [5, 5.41) is 0. The van der Waals surface area contributed by atoms with Gasteiger partial charge in [-0.1, -0.05) is 19.9 Å². The molecule has 31 heavy (non-hydrogen) atoms. The number of carbonyl (C=O) groups excluding carboxylic acids is 3. The highest BCUT2D eigenvalue weighted by Gasteiger charge is 2.51. The smallest absolute Gasteiger partial charge is 0.291 e. The third-order valence-electron chi connectivity index (χ3n) is 5.94. The van der Waals surface area contributed by atoms with E-state index in [1.54, 1.807) is 43.8 Å². The van der Waals surface area contributed by atoms with E-state index >= 15 is 0 Å². The number of hydrogen-bond acceptors (Lipinski definition) is 6. The third-order valence-corrected chi connectivity index (χ3v) is 5.94. The fraction of sp³-hybridized carbons (Fsp3) is 0.417. The molecular weight excluding hydrogens is 394 g/mol. The summed E-state index contributed by atoms with van der Waals surface area (Å²) in [7, 11) is 1.56. The van der Waals surface area contributed by atoms with Crippen molar-refractivity contribution in [1.29, 1.82) is 0 Å². The van der Waals surface area contributed by atoms with Crippen molar-refractivity contribution in [3.05, 3.63) is 59.4 Å². The minimum atomic E-state index is -1.10. The van der Waals surface area contributed by atoms with Gasteiger partial charge in [-0.05, 0) is 55.4 Å². The van der Waals surface area contributed by atoms with Crippen molar-refractivity contribution in [3.8, 4) is 5.75 Å². The number of nitrogens with zero attached hydrogens (tertiary/aromatic N) is 3. The molecule has 0 N–H and O–H groups in total. The molecule has 2 heterocycles. The maximum atomic E-state index is 13.5. The highest BCUT2D eigenvalue weighted by molar-refractivity contribution is 6.44. The van der Waals surface area contributed by atoms with Gasteiger partial charge >= 0.3 is 0 Å². The summed E-state index contributed by atoms with van der Waals surface area (Å²) in [6, 6.07) is 7.96. The zero-order valence-corrected chi connectivity index (χ0v) is 18.5. The third kappa shape index (κ3) is 4.51. The maximum absolute atomic E-state index is 13.5. The zero-order valence-electron chi connectivity index (χ0n) is 18.5. The van der Waals surface area contributed by atoms with Crippen molar-refractivity contribution in [2.24, 2.45) is 5.92 Å². The summed E-state index contributed by atoms with van der Waals surface area (Å²) < 4.78 is 5.27. The summed E-state index contributed by atoms with van der Waals surface area (Å²) in [6.45, 7) is 8.64. The molecule has 1 aromatic carbocycles. The average Bonchev–Trinajstić information content (AvgIpc) is 3.04. The van der Waals surface area contributed by atoms with Crippen LogP contribution in [-0.4, -0.2) is 65.5 Å². The van der Waals surface area contributed by atoms with E-state index in [0.717, 1.165) is 18.7 Å². The Morgan fingerprint density at radius 1 is 1.19 bits per heavy atom. The molecule has 2 aromatic rings. The number of methoxy groups -OCH3 is 1. The second kappa shape index (κ2) is 9.83. The lowest BCUT2D eigenvalue weighted by Gasteiger charge is -2.29. The highest BCUT2D eigenvalue weighted by atomic mass is 16.5. The molecule has 1 fully saturated rings. The first-order valence-corrected chi connectivity index (χ1v) is 10.6. The van der Waals surface area contributed by atoms with Gasteiger partial charge in [0.05, 0.1) is 13.2 Å². The number of benzene rings is 1. The van der Waals surface area contributed by atoms with Crippen LogP contribution < -0.4 is 4.74 Å². The van der Waals surface area contributed by atoms with Crippen molar-refractivity contribution in [1.82, 2.24) is 14.8 Å². The van der Waals surface area contributed by atoms with Crippen LogP contribution >= 0.6 is 0 Å². The Hall–Kier alpha value is -3.06. The van der Waals surface area contributed by atoms with Gasteiger partial charge in [0.25, 0.3) is 5.91 Å². The number of ether oxygens (including phenoxy) is 1. The van der Waals surface area contributed by atoms with E-state index in [2.05, 4.69) is 23.7 Å². The Bertz CT molecular complexity index is 957. The van der Waals surface area contributed by atoms with Gasteiger partial charge in [-0.25, -0.2) is 0 Å². The molecule has 164 valence electrons. The molecule has 2 unspecified atom stereocenters. The van der Waals surface area contributed by atoms with Crippen LogP contribution in [0.4, 0.5) is 0 Å². The van der Waals surface area contributed by atoms with Gasteiger partial charge in [0.1, 0.15) is 11.7 Å².